The Labute approximate surface area is 87.5 Å². The summed E-state index contributed by atoms with van der Waals surface area (Å²) in [5.41, 5.74) is 0.773. The van der Waals surface area contributed by atoms with Crippen LogP contribution in [0.5, 0.6) is 0 Å². The van der Waals surface area contributed by atoms with Crippen molar-refractivity contribution in [3.63, 3.8) is 0 Å². The molecule has 1 atom stereocenters. The fraction of sp³-hybridized carbons (Fsp3) is 0.364. The van der Waals surface area contributed by atoms with Crippen LogP contribution in [0, 0.1) is 5.82 Å². The number of carbonyl (C=O) groups excluding carboxylic acids is 1. The maximum Gasteiger partial charge on any atom is 0.248 e. The molecular formula is C11H12FNO2. The molecule has 0 N–H and O–H groups in total. The van der Waals surface area contributed by atoms with Gasteiger partial charge in [0, 0.05) is 7.05 Å². The number of morpholine rings is 1. The molecular weight excluding hydrogens is 197 g/mol. The van der Waals surface area contributed by atoms with Crippen molar-refractivity contribution in [3.05, 3.63) is 35.6 Å². The predicted molar refractivity (Wildman–Crippen MR) is 52.7 cm³/mol. The van der Waals surface area contributed by atoms with Crippen LogP contribution in [-0.4, -0.2) is 31.0 Å². The van der Waals surface area contributed by atoms with Crippen LogP contribution in [0.25, 0.3) is 0 Å². The minimum Gasteiger partial charge on any atom is -0.362 e. The number of carbonyl (C=O) groups is 1. The fourth-order valence-electron chi connectivity index (χ4n) is 1.59. The molecule has 0 bridgehead atoms. The number of ether oxygens (including phenoxy) is 1. The SMILES string of the molecule is CN1C[C@H](c2cccc(F)c2)OCC1=O. The van der Waals surface area contributed by atoms with Gasteiger partial charge in [-0.25, -0.2) is 4.39 Å². The van der Waals surface area contributed by atoms with Crippen molar-refractivity contribution in [2.45, 2.75) is 6.10 Å². The second-order valence-electron chi connectivity index (χ2n) is 3.63. The van der Waals surface area contributed by atoms with Crippen molar-refractivity contribution in [2.24, 2.45) is 0 Å². The lowest BCUT2D eigenvalue weighted by Crippen LogP contribution is -2.40. The number of hydrogen-bond acceptors (Lipinski definition) is 2. The van der Waals surface area contributed by atoms with Crippen molar-refractivity contribution < 1.29 is 13.9 Å². The second kappa shape index (κ2) is 3.98. The highest BCUT2D eigenvalue weighted by Crippen LogP contribution is 2.22. The third kappa shape index (κ3) is 2.15. The highest BCUT2D eigenvalue weighted by Gasteiger charge is 2.24. The molecule has 1 aromatic rings. The minimum atomic E-state index is -0.282. The number of rotatable bonds is 1. The molecule has 0 radical (unpaired) electrons. The normalized spacial score (nSPS) is 21.9. The molecule has 0 unspecified atom stereocenters. The summed E-state index contributed by atoms with van der Waals surface area (Å²) in [6.45, 7) is 0.542. The van der Waals surface area contributed by atoms with Gasteiger partial charge >= 0.3 is 0 Å². The van der Waals surface area contributed by atoms with Gasteiger partial charge in [-0.2, -0.15) is 0 Å². The lowest BCUT2D eigenvalue weighted by molar-refractivity contribution is -0.147. The van der Waals surface area contributed by atoms with Crippen molar-refractivity contribution in [1.82, 2.24) is 4.90 Å². The van der Waals surface area contributed by atoms with Gasteiger partial charge in [-0.05, 0) is 17.7 Å². The molecule has 1 aliphatic rings. The van der Waals surface area contributed by atoms with Crippen LogP contribution < -0.4 is 0 Å². The van der Waals surface area contributed by atoms with E-state index in [2.05, 4.69) is 0 Å². The zero-order valence-electron chi connectivity index (χ0n) is 8.44. The first-order valence-corrected chi connectivity index (χ1v) is 4.78. The van der Waals surface area contributed by atoms with Crippen molar-refractivity contribution in [2.75, 3.05) is 20.2 Å². The molecule has 0 aliphatic carbocycles. The molecule has 1 aliphatic heterocycles. The van der Waals surface area contributed by atoms with E-state index < -0.39 is 0 Å². The molecule has 3 nitrogen and oxygen atoms in total. The van der Waals surface area contributed by atoms with Gasteiger partial charge < -0.3 is 9.64 Å². The van der Waals surface area contributed by atoms with Gasteiger partial charge in [0.05, 0.1) is 6.54 Å². The summed E-state index contributed by atoms with van der Waals surface area (Å²) in [7, 11) is 1.72. The van der Waals surface area contributed by atoms with Crippen LogP contribution in [0.1, 0.15) is 11.7 Å². The Balaban J connectivity index is 2.15. The Morgan fingerprint density at radius 2 is 2.33 bits per heavy atom. The molecule has 1 fully saturated rings. The molecule has 1 saturated heterocycles. The van der Waals surface area contributed by atoms with Crippen molar-refractivity contribution >= 4 is 5.91 Å². The standard InChI is InChI=1S/C11H12FNO2/c1-13-6-10(15-7-11(13)14)8-3-2-4-9(12)5-8/h2-5,10H,6-7H2,1H3/t10-/m1/s1. The fourth-order valence-corrected chi connectivity index (χ4v) is 1.59. The highest BCUT2D eigenvalue weighted by molar-refractivity contribution is 5.77. The van der Waals surface area contributed by atoms with E-state index in [1.54, 1.807) is 24.1 Å². The average molecular weight is 209 g/mol. The van der Waals surface area contributed by atoms with E-state index in [9.17, 15) is 9.18 Å². The summed E-state index contributed by atoms with van der Waals surface area (Å²) in [6, 6.07) is 6.28. The summed E-state index contributed by atoms with van der Waals surface area (Å²) in [5.74, 6) is -0.321. The molecule has 1 amide bonds. The van der Waals surface area contributed by atoms with Gasteiger partial charge in [-0.3, -0.25) is 4.79 Å². The third-order valence-electron chi connectivity index (χ3n) is 2.49. The zero-order chi connectivity index (χ0) is 10.8. The van der Waals surface area contributed by atoms with E-state index in [-0.39, 0.29) is 24.4 Å². The van der Waals surface area contributed by atoms with Crippen LogP contribution in [0.4, 0.5) is 4.39 Å². The number of benzene rings is 1. The topological polar surface area (TPSA) is 29.5 Å². The molecule has 0 spiro atoms. The number of halogens is 1. The molecule has 0 aromatic heterocycles. The summed E-state index contributed by atoms with van der Waals surface area (Å²) < 4.78 is 18.3. The molecule has 4 heteroatoms. The predicted octanol–water partition coefficient (Wildman–Crippen LogP) is 1.36. The Kier molecular flexibility index (Phi) is 2.68. The van der Waals surface area contributed by atoms with E-state index in [4.69, 9.17) is 4.74 Å². The second-order valence-corrected chi connectivity index (χ2v) is 3.63. The first-order valence-electron chi connectivity index (χ1n) is 4.78. The lowest BCUT2D eigenvalue weighted by Gasteiger charge is -2.30. The average Bonchev–Trinajstić information content (AvgIpc) is 2.22. The maximum absolute atomic E-state index is 13.0. The van der Waals surface area contributed by atoms with Gasteiger partial charge in [0.25, 0.3) is 0 Å². The maximum atomic E-state index is 13.0. The quantitative estimate of drug-likeness (QED) is 0.698. The van der Waals surface area contributed by atoms with Gasteiger partial charge in [-0.1, -0.05) is 12.1 Å². The van der Waals surface area contributed by atoms with Crippen LogP contribution in [0.15, 0.2) is 24.3 Å². The van der Waals surface area contributed by atoms with E-state index in [0.29, 0.717) is 6.54 Å². The van der Waals surface area contributed by atoms with Crippen LogP contribution in [-0.2, 0) is 9.53 Å². The van der Waals surface area contributed by atoms with Crippen LogP contribution >= 0.6 is 0 Å². The molecule has 80 valence electrons. The Morgan fingerprint density at radius 1 is 1.53 bits per heavy atom. The van der Waals surface area contributed by atoms with E-state index in [1.165, 1.54) is 12.1 Å². The Bertz CT molecular complexity index is 381. The van der Waals surface area contributed by atoms with Crippen molar-refractivity contribution in [3.8, 4) is 0 Å². The largest absolute Gasteiger partial charge is 0.362 e. The highest BCUT2D eigenvalue weighted by atomic mass is 19.1. The number of nitrogens with zero attached hydrogens (tertiary/aromatic N) is 1. The third-order valence-corrected chi connectivity index (χ3v) is 2.49. The Hall–Kier alpha value is -1.42. The van der Waals surface area contributed by atoms with Crippen molar-refractivity contribution in [1.29, 1.82) is 0 Å². The summed E-state index contributed by atoms with van der Waals surface area (Å²) >= 11 is 0. The molecule has 15 heavy (non-hydrogen) atoms. The molecule has 1 aromatic carbocycles. The van der Waals surface area contributed by atoms with Gasteiger partial charge in [0.1, 0.15) is 18.5 Å². The van der Waals surface area contributed by atoms with E-state index in [1.807, 2.05) is 0 Å². The van der Waals surface area contributed by atoms with Crippen LogP contribution in [0.3, 0.4) is 0 Å². The number of hydrogen-bond donors (Lipinski definition) is 0. The molecule has 1 heterocycles. The monoisotopic (exact) mass is 209 g/mol. The van der Waals surface area contributed by atoms with Gasteiger partial charge in [0.15, 0.2) is 0 Å². The van der Waals surface area contributed by atoms with Crippen LogP contribution in [0.2, 0.25) is 0 Å². The summed E-state index contributed by atoms with van der Waals surface area (Å²) in [5, 5.41) is 0. The number of likely N-dealkylation sites (N-methyl/N-ethyl adjacent to an activating group) is 1. The first-order chi connectivity index (χ1) is 7.16. The Morgan fingerprint density at radius 3 is 3.00 bits per heavy atom. The van der Waals surface area contributed by atoms with Gasteiger partial charge in [0.2, 0.25) is 5.91 Å². The van der Waals surface area contributed by atoms with E-state index >= 15 is 0 Å². The smallest absolute Gasteiger partial charge is 0.248 e. The molecule has 2 rings (SSSR count). The van der Waals surface area contributed by atoms with E-state index in [0.717, 1.165) is 5.56 Å². The zero-order valence-corrected chi connectivity index (χ0v) is 8.44. The van der Waals surface area contributed by atoms with Gasteiger partial charge in [-0.15, -0.1) is 0 Å². The lowest BCUT2D eigenvalue weighted by atomic mass is 10.1. The first kappa shape index (κ1) is 10.1. The number of amides is 1. The summed E-state index contributed by atoms with van der Waals surface area (Å²) in [6.07, 6.45) is -0.219. The molecule has 0 saturated carbocycles. The summed E-state index contributed by atoms with van der Waals surface area (Å²) in [4.78, 5) is 12.8. The minimum absolute atomic E-state index is 0.0392.